The van der Waals surface area contributed by atoms with Gasteiger partial charge in [0.05, 0.1) is 13.0 Å². The standard InChI is InChI=1S/C23H28N2O5S/c1-13-7-6-8-14(2)22(13)25-20(27)12-24-23(29)16(4)30-21(28)10-9-19(26)18-11-15(3)31-17(18)5/h6-8,11,16H,9-10,12H2,1-5H3,(H,24,29)(H,25,27)/t16-/m1/s1. The largest absolute Gasteiger partial charge is 0.453 e. The van der Waals surface area contributed by atoms with Gasteiger partial charge in [-0.25, -0.2) is 0 Å². The number of amides is 2. The zero-order valence-electron chi connectivity index (χ0n) is 18.5. The summed E-state index contributed by atoms with van der Waals surface area (Å²) in [6.45, 7) is 8.73. The molecule has 0 aliphatic heterocycles. The molecule has 0 saturated heterocycles. The average Bonchev–Trinajstić information content (AvgIpc) is 3.05. The first-order chi connectivity index (χ1) is 14.6. The maximum atomic E-state index is 12.3. The second kappa shape index (κ2) is 10.9. The zero-order chi connectivity index (χ0) is 23.1. The van der Waals surface area contributed by atoms with Crippen LogP contribution in [0.4, 0.5) is 5.69 Å². The maximum absolute atomic E-state index is 12.3. The first-order valence-corrected chi connectivity index (χ1v) is 10.8. The van der Waals surface area contributed by atoms with Crippen LogP contribution in [0.1, 0.15) is 51.0 Å². The Morgan fingerprint density at radius 2 is 1.68 bits per heavy atom. The van der Waals surface area contributed by atoms with E-state index in [1.165, 1.54) is 18.3 Å². The molecule has 0 unspecified atom stereocenters. The maximum Gasteiger partial charge on any atom is 0.307 e. The van der Waals surface area contributed by atoms with Gasteiger partial charge >= 0.3 is 5.97 Å². The molecule has 2 amide bonds. The lowest BCUT2D eigenvalue weighted by molar-refractivity contribution is -0.154. The molecule has 0 aliphatic rings. The highest BCUT2D eigenvalue weighted by molar-refractivity contribution is 7.12. The summed E-state index contributed by atoms with van der Waals surface area (Å²) >= 11 is 1.53. The van der Waals surface area contributed by atoms with Gasteiger partial charge in [-0.1, -0.05) is 18.2 Å². The van der Waals surface area contributed by atoms with Crippen molar-refractivity contribution in [3.63, 3.8) is 0 Å². The van der Waals surface area contributed by atoms with Crippen LogP contribution in [0, 0.1) is 27.7 Å². The highest BCUT2D eigenvalue weighted by Gasteiger charge is 2.20. The Bertz CT molecular complexity index is 976. The number of ether oxygens (including phenoxy) is 1. The third-order valence-electron chi connectivity index (χ3n) is 4.74. The van der Waals surface area contributed by atoms with Gasteiger partial charge in [-0.3, -0.25) is 19.2 Å². The molecule has 2 N–H and O–H groups in total. The summed E-state index contributed by atoms with van der Waals surface area (Å²) in [5.41, 5.74) is 3.17. The van der Waals surface area contributed by atoms with Crippen molar-refractivity contribution >= 4 is 40.6 Å². The van der Waals surface area contributed by atoms with Crippen molar-refractivity contribution in [3.05, 3.63) is 50.7 Å². The van der Waals surface area contributed by atoms with Gasteiger partial charge in [0.15, 0.2) is 11.9 Å². The van der Waals surface area contributed by atoms with Crippen LogP contribution in [0.15, 0.2) is 24.3 Å². The summed E-state index contributed by atoms with van der Waals surface area (Å²) in [6, 6.07) is 7.48. The average molecular weight is 445 g/mol. The number of hydrogen-bond acceptors (Lipinski definition) is 6. The number of aryl methyl sites for hydroxylation is 4. The molecule has 0 bridgehead atoms. The van der Waals surface area contributed by atoms with E-state index in [0.29, 0.717) is 11.3 Å². The van der Waals surface area contributed by atoms with Crippen LogP contribution in [0.25, 0.3) is 0 Å². The van der Waals surface area contributed by atoms with Crippen LogP contribution in [0.5, 0.6) is 0 Å². The number of hydrogen-bond donors (Lipinski definition) is 2. The van der Waals surface area contributed by atoms with Gasteiger partial charge in [0.25, 0.3) is 5.91 Å². The van der Waals surface area contributed by atoms with Crippen molar-refractivity contribution in [1.82, 2.24) is 5.32 Å². The number of para-hydroxylation sites is 1. The third kappa shape index (κ3) is 7.03. The van der Waals surface area contributed by atoms with Crippen LogP contribution in [-0.4, -0.2) is 36.2 Å². The van der Waals surface area contributed by atoms with Crippen molar-refractivity contribution in [2.45, 2.75) is 53.6 Å². The fourth-order valence-electron chi connectivity index (χ4n) is 3.07. The number of rotatable bonds is 9. The Labute approximate surface area is 186 Å². The SMILES string of the molecule is Cc1cc(C(=O)CCC(=O)O[C@H](C)C(=O)NCC(=O)Nc2c(C)cccc2C)c(C)s1. The smallest absolute Gasteiger partial charge is 0.307 e. The molecule has 0 radical (unpaired) electrons. The first kappa shape index (κ1) is 24.3. The van der Waals surface area contributed by atoms with Crippen LogP contribution < -0.4 is 10.6 Å². The highest BCUT2D eigenvalue weighted by atomic mass is 32.1. The summed E-state index contributed by atoms with van der Waals surface area (Å²) in [4.78, 5) is 50.5. The molecule has 1 atom stereocenters. The van der Waals surface area contributed by atoms with Crippen molar-refractivity contribution in [2.75, 3.05) is 11.9 Å². The highest BCUT2D eigenvalue weighted by Crippen LogP contribution is 2.22. The molecule has 2 aromatic rings. The van der Waals surface area contributed by atoms with E-state index in [9.17, 15) is 19.2 Å². The Balaban J connectivity index is 1.76. The number of thiophene rings is 1. The number of carbonyl (C=O) groups is 4. The fraction of sp³-hybridized carbons (Fsp3) is 0.391. The van der Waals surface area contributed by atoms with Gasteiger partial charge < -0.3 is 15.4 Å². The molecule has 0 spiro atoms. The Morgan fingerprint density at radius 1 is 1.03 bits per heavy atom. The number of nitrogens with one attached hydrogen (secondary N) is 2. The number of ketones is 1. The van der Waals surface area contributed by atoms with Crippen LogP contribution in [0.3, 0.4) is 0 Å². The van der Waals surface area contributed by atoms with E-state index < -0.39 is 18.0 Å². The number of benzene rings is 1. The summed E-state index contributed by atoms with van der Waals surface area (Å²) in [7, 11) is 0. The van der Waals surface area contributed by atoms with E-state index in [1.54, 1.807) is 0 Å². The van der Waals surface area contributed by atoms with Crippen LogP contribution >= 0.6 is 11.3 Å². The lowest BCUT2D eigenvalue weighted by atomic mass is 10.1. The van der Waals surface area contributed by atoms with E-state index in [2.05, 4.69) is 10.6 Å². The van der Waals surface area contributed by atoms with Gasteiger partial charge in [0.2, 0.25) is 5.91 Å². The third-order valence-corrected chi connectivity index (χ3v) is 5.71. The quantitative estimate of drug-likeness (QED) is 0.454. The first-order valence-electron chi connectivity index (χ1n) is 10.0. The topological polar surface area (TPSA) is 102 Å². The molecule has 0 aliphatic carbocycles. The molecule has 7 nitrogen and oxygen atoms in total. The summed E-state index contributed by atoms with van der Waals surface area (Å²) in [5, 5.41) is 5.22. The minimum absolute atomic E-state index is 0.0162. The van der Waals surface area contributed by atoms with E-state index in [1.807, 2.05) is 52.0 Å². The van der Waals surface area contributed by atoms with Crippen molar-refractivity contribution in [2.24, 2.45) is 0 Å². The number of carbonyl (C=O) groups excluding carboxylic acids is 4. The summed E-state index contributed by atoms with van der Waals surface area (Å²) in [5.74, 6) is -1.73. The van der Waals surface area contributed by atoms with Crippen molar-refractivity contribution < 1.29 is 23.9 Å². The Morgan fingerprint density at radius 3 is 2.26 bits per heavy atom. The van der Waals surface area contributed by atoms with Gasteiger partial charge in [-0.05, 0) is 51.8 Å². The number of anilines is 1. The van der Waals surface area contributed by atoms with Gasteiger partial charge in [0, 0.05) is 27.4 Å². The normalized spacial score (nSPS) is 11.5. The van der Waals surface area contributed by atoms with Crippen molar-refractivity contribution in [3.8, 4) is 0 Å². The molecule has 8 heteroatoms. The van der Waals surface area contributed by atoms with E-state index >= 15 is 0 Å². The monoisotopic (exact) mass is 444 g/mol. The molecule has 1 aromatic heterocycles. The molecular weight excluding hydrogens is 416 g/mol. The van der Waals surface area contributed by atoms with E-state index in [-0.39, 0.29) is 31.1 Å². The predicted octanol–water partition coefficient (Wildman–Crippen LogP) is 3.63. The minimum Gasteiger partial charge on any atom is -0.453 e. The molecule has 31 heavy (non-hydrogen) atoms. The summed E-state index contributed by atoms with van der Waals surface area (Å²) in [6.07, 6.45) is -1.17. The molecule has 0 fully saturated rings. The zero-order valence-corrected chi connectivity index (χ0v) is 19.3. The van der Waals surface area contributed by atoms with Gasteiger partial charge in [0.1, 0.15) is 0 Å². The fourth-order valence-corrected chi connectivity index (χ4v) is 4.02. The van der Waals surface area contributed by atoms with Gasteiger partial charge in [-0.15, -0.1) is 11.3 Å². The van der Waals surface area contributed by atoms with Crippen LogP contribution in [0.2, 0.25) is 0 Å². The minimum atomic E-state index is -1.07. The molecule has 1 aromatic carbocycles. The summed E-state index contributed by atoms with van der Waals surface area (Å²) < 4.78 is 5.09. The second-order valence-corrected chi connectivity index (χ2v) is 8.88. The lowest BCUT2D eigenvalue weighted by Gasteiger charge is -2.14. The number of esters is 1. The Hall–Kier alpha value is -3.00. The molecule has 166 valence electrons. The lowest BCUT2D eigenvalue weighted by Crippen LogP contribution is -2.40. The molecular formula is C23H28N2O5S. The van der Waals surface area contributed by atoms with E-state index in [4.69, 9.17) is 4.74 Å². The Kier molecular flexibility index (Phi) is 8.50. The molecule has 1 heterocycles. The predicted molar refractivity (Wildman–Crippen MR) is 120 cm³/mol. The number of Topliss-reactive ketones (excluding diaryl/α,β-unsaturated/α-hetero) is 1. The van der Waals surface area contributed by atoms with Crippen molar-refractivity contribution in [1.29, 1.82) is 0 Å². The van der Waals surface area contributed by atoms with Crippen LogP contribution in [-0.2, 0) is 19.1 Å². The second-order valence-electron chi connectivity index (χ2n) is 7.41. The van der Waals surface area contributed by atoms with Gasteiger partial charge in [-0.2, -0.15) is 0 Å². The molecule has 0 saturated carbocycles. The van der Waals surface area contributed by atoms with E-state index in [0.717, 1.165) is 20.9 Å². The molecule has 2 rings (SSSR count).